The molecule has 1 rings (SSSR count). The minimum absolute atomic E-state index is 0.0271. The highest BCUT2D eigenvalue weighted by Crippen LogP contribution is 2.31. The van der Waals surface area contributed by atoms with Crippen LogP contribution in [0.5, 0.6) is 11.5 Å². The summed E-state index contributed by atoms with van der Waals surface area (Å²) in [5.74, 6) is 1.23. The fraction of sp³-hybridized carbons (Fsp3) is 0.500. The van der Waals surface area contributed by atoms with Crippen LogP contribution in [0.25, 0.3) is 0 Å². The molecule has 0 aromatic heterocycles. The zero-order chi connectivity index (χ0) is 14.3. The largest absolute Gasteiger partial charge is 0.493 e. The predicted octanol–water partition coefficient (Wildman–Crippen LogP) is 1.58. The van der Waals surface area contributed by atoms with Gasteiger partial charge in [-0.2, -0.15) is 5.26 Å². The summed E-state index contributed by atoms with van der Waals surface area (Å²) in [4.78, 5) is 1.90. The molecule has 0 aliphatic heterocycles. The molecule has 0 saturated heterocycles. The number of likely N-dealkylation sites (N-methyl/N-ethyl adjacent to an activating group) is 1. The Kier molecular flexibility index (Phi) is 6.13. The summed E-state index contributed by atoms with van der Waals surface area (Å²) in [6, 6.07) is 7.28. The van der Waals surface area contributed by atoms with E-state index in [1.165, 1.54) is 0 Å². The van der Waals surface area contributed by atoms with Gasteiger partial charge in [0.1, 0.15) is 6.04 Å². The van der Waals surface area contributed by atoms with Gasteiger partial charge < -0.3 is 14.6 Å². The van der Waals surface area contributed by atoms with Gasteiger partial charge in [-0.25, -0.2) is 0 Å². The van der Waals surface area contributed by atoms with E-state index in [1.807, 2.05) is 17.9 Å². The van der Waals surface area contributed by atoms with Gasteiger partial charge in [-0.1, -0.05) is 13.0 Å². The molecule has 1 N–H and O–H groups in total. The molecule has 1 aromatic carbocycles. The van der Waals surface area contributed by atoms with Gasteiger partial charge in [0.25, 0.3) is 0 Å². The summed E-state index contributed by atoms with van der Waals surface area (Å²) < 4.78 is 10.4. The third kappa shape index (κ3) is 3.60. The topological polar surface area (TPSA) is 65.7 Å². The minimum Gasteiger partial charge on any atom is -0.493 e. The van der Waals surface area contributed by atoms with Crippen LogP contribution in [-0.4, -0.2) is 43.9 Å². The van der Waals surface area contributed by atoms with Crippen molar-refractivity contribution in [3.8, 4) is 17.6 Å². The van der Waals surface area contributed by atoms with Crippen molar-refractivity contribution in [3.63, 3.8) is 0 Å². The lowest BCUT2D eigenvalue weighted by molar-refractivity contribution is 0.180. The molecule has 5 nitrogen and oxygen atoms in total. The Morgan fingerprint density at radius 1 is 1.32 bits per heavy atom. The highest BCUT2D eigenvalue weighted by molar-refractivity contribution is 5.44. The number of nitriles is 1. The summed E-state index contributed by atoms with van der Waals surface area (Å²) in [6.07, 6.45) is 0. The Bertz CT molecular complexity index is 443. The molecule has 1 aromatic rings. The number of ether oxygens (including phenoxy) is 2. The first-order valence-corrected chi connectivity index (χ1v) is 6.18. The van der Waals surface area contributed by atoms with Crippen LogP contribution in [0.3, 0.4) is 0 Å². The summed E-state index contributed by atoms with van der Waals surface area (Å²) in [6.45, 7) is 3.14. The van der Waals surface area contributed by atoms with Crippen molar-refractivity contribution >= 4 is 0 Å². The average molecular weight is 264 g/mol. The number of aliphatic hydroxyl groups is 1. The van der Waals surface area contributed by atoms with Crippen molar-refractivity contribution in [2.75, 3.05) is 33.9 Å². The van der Waals surface area contributed by atoms with Crippen LogP contribution in [-0.2, 0) is 0 Å². The van der Waals surface area contributed by atoms with Gasteiger partial charge in [-0.05, 0) is 24.2 Å². The molecule has 0 spiro atoms. The SMILES string of the molecule is CCN(CCO)C(C#N)c1ccc(OC)c(OC)c1. The smallest absolute Gasteiger partial charge is 0.161 e. The van der Waals surface area contributed by atoms with E-state index in [0.29, 0.717) is 24.6 Å². The maximum Gasteiger partial charge on any atom is 0.161 e. The molecule has 0 aliphatic carbocycles. The zero-order valence-corrected chi connectivity index (χ0v) is 11.6. The molecule has 0 amide bonds. The Morgan fingerprint density at radius 3 is 2.47 bits per heavy atom. The van der Waals surface area contributed by atoms with Crippen molar-refractivity contribution in [2.45, 2.75) is 13.0 Å². The molecule has 1 unspecified atom stereocenters. The van der Waals surface area contributed by atoms with Gasteiger partial charge in [0.2, 0.25) is 0 Å². The summed E-state index contributed by atoms with van der Waals surface area (Å²) in [5, 5.41) is 18.4. The van der Waals surface area contributed by atoms with Gasteiger partial charge in [0.05, 0.1) is 26.9 Å². The van der Waals surface area contributed by atoms with Crippen molar-refractivity contribution in [1.82, 2.24) is 4.90 Å². The highest BCUT2D eigenvalue weighted by Gasteiger charge is 2.19. The van der Waals surface area contributed by atoms with E-state index in [4.69, 9.17) is 14.6 Å². The van der Waals surface area contributed by atoms with Crippen molar-refractivity contribution in [1.29, 1.82) is 5.26 Å². The maximum absolute atomic E-state index is 9.35. The van der Waals surface area contributed by atoms with E-state index in [9.17, 15) is 5.26 Å². The van der Waals surface area contributed by atoms with Gasteiger partial charge >= 0.3 is 0 Å². The van der Waals surface area contributed by atoms with Crippen molar-refractivity contribution < 1.29 is 14.6 Å². The molecule has 0 heterocycles. The zero-order valence-electron chi connectivity index (χ0n) is 11.6. The molecule has 0 aliphatic rings. The Morgan fingerprint density at radius 2 is 2.00 bits per heavy atom. The molecule has 0 bridgehead atoms. The highest BCUT2D eigenvalue weighted by atomic mass is 16.5. The van der Waals surface area contributed by atoms with E-state index in [1.54, 1.807) is 26.4 Å². The monoisotopic (exact) mass is 264 g/mol. The molecule has 0 saturated carbocycles. The second-order valence-electron chi connectivity index (χ2n) is 4.00. The van der Waals surface area contributed by atoms with Crippen molar-refractivity contribution in [2.24, 2.45) is 0 Å². The third-order valence-electron chi connectivity index (χ3n) is 3.00. The summed E-state index contributed by atoms with van der Waals surface area (Å²) in [7, 11) is 3.14. The van der Waals surface area contributed by atoms with Crippen LogP contribution in [0.4, 0.5) is 0 Å². The number of methoxy groups -OCH3 is 2. The van der Waals surface area contributed by atoms with Crippen molar-refractivity contribution in [3.05, 3.63) is 23.8 Å². The number of rotatable bonds is 7. The first-order chi connectivity index (χ1) is 9.21. The predicted molar refractivity (Wildman–Crippen MR) is 72.2 cm³/mol. The van der Waals surface area contributed by atoms with E-state index in [-0.39, 0.29) is 6.61 Å². The summed E-state index contributed by atoms with van der Waals surface area (Å²) >= 11 is 0. The normalized spacial score (nSPS) is 12.0. The molecule has 1 atom stereocenters. The van der Waals surface area contributed by atoms with Gasteiger partial charge in [-0.3, -0.25) is 4.90 Å². The van der Waals surface area contributed by atoms with Gasteiger partial charge in [0.15, 0.2) is 11.5 Å². The third-order valence-corrected chi connectivity index (χ3v) is 3.00. The number of nitrogens with zero attached hydrogens (tertiary/aromatic N) is 2. The minimum atomic E-state index is -0.406. The molecule has 19 heavy (non-hydrogen) atoms. The van der Waals surface area contributed by atoms with Gasteiger partial charge in [-0.15, -0.1) is 0 Å². The Labute approximate surface area is 114 Å². The van der Waals surface area contributed by atoms with E-state index >= 15 is 0 Å². The van der Waals surface area contributed by atoms with Crippen LogP contribution in [0.2, 0.25) is 0 Å². The number of hydrogen-bond acceptors (Lipinski definition) is 5. The Balaban J connectivity index is 3.08. The molecule has 0 radical (unpaired) electrons. The molecular weight excluding hydrogens is 244 g/mol. The fourth-order valence-corrected chi connectivity index (χ4v) is 1.99. The molecule has 5 heteroatoms. The number of benzene rings is 1. The molecular formula is C14H20N2O3. The number of aliphatic hydroxyl groups excluding tert-OH is 1. The number of hydrogen-bond donors (Lipinski definition) is 1. The van der Waals surface area contributed by atoms with E-state index in [2.05, 4.69) is 6.07 Å². The molecule has 0 fully saturated rings. The van der Waals surface area contributed by atoms with Gasteiger partial charge in [0, 0.05) is 6.54 Å². The molecule has 104 valence electrons. The first kappa shape index (κ1) is 15.3. The lowest BCUT2D eigenvalue weighted by atomic mass is 10.1. The van der Waals surface area contributed by atoms with Crippen LogP contribution >= 0.6 is 0 Å². The second kappa shape index (κ2) is 7.62. The van der Waals surface area contributed by atoms with Crippen LogP contribution in [0.1, 0.15) is 18.5 Å². The standard InChI is InChI=1S/C14H20N2O3/c1-4-16(7-8-17)12(10-15)11-5-6-13(18-2)14(9-11)19-3/h5-6,9,12,17H,4,7-8H2,1-3H3. The quantitative estimate of drug-likeness (QED) is 0.810. The average Bonchev–Trinajstić information content (AvgIpc) is 2.46. The summed E-state index contributed by atoms with van der Waals surface area (Å²) in [5.41, 5.74) is 0.829. The lowest BCUT2D eigenvalue weighted by Crippen LogP contribution is -2.30. The van der Waals surface area contributed by atoms with Crippen LogP contribution in [0.15, 0.2) is 18.2 Å². The van der Waals surface area contributed by atoms with E-state index < -0.39 is 6.04 Å². The van der Waals surface area contributed by atoms with Crippen LogP contribution in [0, 0.1) is 11.3 Å². The lowest BCUT2D eigenvalue weighted by Gasteiger charge is -2.25. The maximum atomic E-state index is 9.35. The Hall–Kier alpha value is -1.77. The van der Waals surface area contributed by atoms with E-state index in [0.717, 1.165) is 5.56 Å². The first-order valence-electron chi connectivity index (χ1n) is 6.18. The fourth-order valence-electron chi connectivity index (χ4n) is 1.99. The second-order valence-corrected chi connectivity index (χ2v) is 4.00. The van der Waals surface area contributed by atoms with Crippen LogP contribution < -0.4 is 9.47 Å².